The van der Waals surface area contributed by atoms with E-state index in [1.807, 2.05) is 12.1 Å². The van der Waals surface area contributed by atoms with Gasteiger partial charge in [0.25, 0.3) is 0 Å². The van der Waals surface area contributed by atoms with Crippen LogP contribution in [-0.4, -0.2) is 36.6 Å². The average molecular weight is 237 g/mol. The molecule has 2 bridgehead atoms. The standard InChI is InChI=1S/C13H17ClN2/c14-13-4-2-1-3-10(13)5-6-16-9-11-7-12(16)8-15-11/h1-4,11-12,15H,5-9H2. The van der Waals surface area contributed by atoms with Crippen molar-refractivity contribution in [2.75, 3.05) is 19.6 Å². The summed E-state index contributed by atoms with van der Waals surface area (Å²) < 4.78 is 0. The number of fused-ring (bicyclic) bond motifs is 2. The summed E-state index contributed by atoms with van der Waals surface area (Å²) in [5.41, 5.74) is 1.28. The molecular weight excluding hydrogens is 220 g/mol. The smallest absolute Gasteiger partial charge is 0.0438 e. The molecular formula is C13H17ClN2. The molecule has 2 aliphatic rings. The van der Waals surface area contributed by atoms with Gasteiger partial charge in [-0.1, -0.05) is 29.8 Å². The number of rotatable bonds is 3. The van der Waals surface area contributed by atoms with Crippen LogP contribution in [0, 0.1) is 0 Å². The highest BCUT2D eigenvalue weighted by molar-refractivity contribution is 6.31. The lowest BCUT2D eigenvalue weighted by Crippen LogP contribution is -2.44. The van der Waals surface area contributed by atoms with Crippen LogP contribution in [0.4, 0.5) is 0 Å². The van der Waals surface area contributed by atoms with Gasteiger partial charge in [-0.05, 0) is 24.5 Å². The van der Waals surface area contributed by atoms with Crippen LogP contribution in [0.1, 0.15) is 12.0 Å². The number of nitrogens with zero attached hydrogens (tertiary/aromatic N) is 1. The Morgan fingerprint density at radius 1 is 1.38 bits per heavy atom. The zero-order valence-corrected chi connectivity index (χ0v) is 10.1. The van der Waals surface area contributed by atoms with E-state index in [1.54, 1.807) is 0 Å². The first-order valence-corrected chi connectivity index (χ1v) is 6.41. The molecule has 0 amide bonds. The van der Waals surface area contributed by atoms with Crippen LogP contribution in [-0.2, 0) is 6.42 Å². The molecule has 2 fully saturated rings. The number of piperazine rings is 1. The monoisotopic (exact) mass is 236 g/mol. The van der Waals surface area contributed by atoms with Crippen molar-refractivity contribution in [3.05, 3.63) is 34.9 Å². The molecule has 16 heavy (non-hydrogen) atoms. The SMILES string of the molecule is Clc1ccccc1CCN1CC2CC1CN2. The van der Waals surface area contributed by atoms with Crippen LogP contribution in [0.2, 0.25) is 5.02 Å². The van der Waals surface area contributed by atoms with Gasteiger partial charge in [0.2, 0.25) is 0 Å². The minimum absolute atomic E-state index is 0.747. The van der Waals surface area contributed by atoms with E-state index < -0.39 is 0 Å². The summed E-state index contributed by atoms with van der Waals surface area (Å²) in [6.45, 7) is 3.54. The van der Waals surface area contributed by atoms with Crippen LogP contribution in [0.3, 0.4) is 0 Å². The Hall–Kier alpha value is -0.570. The molecule has 3 rings (SSSR count). The summed E-state index contributed by atoms with van der Waals surface area (Å²) in [6, 6.07) is 9.69. The highest BCUT2D eigenvalue weighted by Crippen LogP contribution is 2.24. The highest BCUT2D eigenvalue weighted by Gasteiger charge is 2.36. The quantitative estimate of drug-likeness (QED) is 0.863. The number of likely N-dealkylation sites (tertiary alicyclic amines) is 1. The first-order valence-electron chi connectivity index (χ1n) is 6.04. The van der Waals surface area contributed by atoms with Gasteiger partial charge in [-0.15, -0.1) is 0 Å². The molecule has 0 aliphatic carbocycles. The van der Waals surface area contributed by atoms with E-state index in [9.17, 15) is 0 Å². The Morgan fingerprint density at radius 2 is 2.25 bits per heavy atom. The van der Waals surface area contributed by atoms with Gasteiger partial charge in [0.1, 0.15) is 0 Å². The number of hydrogen-bond donors (Lipinski definition) is 1. The second kappa shape index (κ2) is 4.36. The third-order valence-electron chi connectivity index (χ3n) is 3.80. The molecule has 0 spiro atoms. The molecule has 86 valence electrons. The van der Waals surface area contributed by atoms with Gasteiger partial charge in [0, 0.05) is 36.7 Å². The first-order chi connectivity index (χ1) is 7.83. The van der Waals surface area contributed by atoms with Crippen LogP contribution in [0.15, 0.2) is 24.3 Å². The van der Waals surface area contributed by atoms with E-state index >= 15 is 0 Å². The molecule has 2 heterocycles. The van der Waals surface area contributed by atoms with E-state index in [1.165, 1.54) is 25.1 Å². The minimum Gasteiger partial charge on any atom is -0.311 e. The van der Waals surface area contributed by atoms with Gasteiger partial charge in [-0.2, -0.15) is 0 Å². The highest BCUT2D eigenvalue weighted by atomic mass is 35.5. The molecule has 0 saturated carbocycles. The summed E-state index contributed by atoms with van der Waals surface area (Å²) in [5.74, 6) is 0. The zero-order valence-electron chi connectivity index (χ0n) is 9.32. The number of benzene rings is 1. The van der Waals surface area contributed by atoms with E-state index in [2.05, 4.69) is 22.3 Å². The van der Waals surface area contributed by atoms with Crippen molar-refractivity contribution in [2.45, 2.75) is 24.9 Å². The van der Waals surface area contributed by atoms with Crippen molar-refractivity contribution in [3.63, 3.8) is 0 Å². The first kappa shape index (κ1) is 10.6. The second-order valence-corrected chi connectivity index (χ2v) is 5.24. The van der Waals surface area contributed by atoms with Crippen LogP contribution in [0.5, 0.6) is 0 Å². The maximum atomic E-state index is 6.16. The largest absolute Gasteiger partial charge is 0.311 e. The van der Waals surface area contributed by atoms with E-state index in [0.717, 1.165) is 30.1 Å². The molecule has 1 aromatic carbocycles. The van der Waals surface area contributed by atoms with Gasteiger partial charge in [0.15, 0.2) is 0 Å². The van der Waals surface area contributed by atoms with Crippen molar-refractivity contribution in [1.82, 2.24) is 10.2 Å². The third-order valence-corrected chi connectivity index (χ3v) is 4.16. The van der Waals surface area contributed by atoms with E-state index in [-0.39, 0.29) is 0 Å². The fraction of sp³-hybridized carbons (Fsp3) is 0.538. The molecule has 2 unspecified atom stereocenters. The zero-order chi connectivity index (χ0) is 11.0. The predicted molar refractivity (Wildman–Crippen MR) is 66.9 cm³/mol. The third kappa shape index (κ3) is 1.97. The Balaban J connectivity index is 1.59. The lowest BCUT2D eigenvalue weighted by molar-refractivity contribution is 0.229. The molecule has 2 nitrogen and oxygen atoms in total. The molecule has 2 saturated heterocycles. The Kier molecular flexibility index (Phi) is 2.88. The van der Waals surface area contributed by atoms with Crippen LogP contribution >= 0.6 is 11.6 Å². The molecule has 0 radical (unpaired) electrons. The summed E-state index contributed by atoms with van der Waals surface area (Å²) in [7, 11) is 0. The van der Waals surface area contributed by atoms with E-state index in [4.69, 9.17) is 11.6 Å². The van der Waals surface area contributed by atoms with Crippen molar-refractivity contribution >= 4 is 11.6 Å². The summed E-state index contributed by atoms with van der Waals surface area (Å²) in [6.07, 6.45) is 2.41. The van der Waals surface area contributed by atoms with Crippen molar-refractivity contribution in [2.24, 2.45) is 0 Å². The second-order valence-electron chi connectivity index (χ2n) is 4.83. The lowest BCUT2D eigenvalue weighted by atomic mass is 10.1. The van der Waals surface area contributed by atoms with Gasteiger partial charge in [-0.25, -0.2) is 0 Å². The molecule has 2 aliphatic heterocycles. The Labute approximate surface area is 102 Å². The van der Waals surface area contributed by atoms with Gasteiger partial charge < -0.3 is 5.32 Å². The van der Waals surface area contributed by atoms with E-state index in [0.29, 0.717) is 0 Å². The molecule has 0 aromatic heterocycles. The number of nitrogens with one attached hydrogen (secondary N) is 1. The predicted octanol–water partition coefficient (Wildman–Crippen LogP) is 1.93. The fourth-order valence-corrected chi connectivity index (χ4v) is 3.12. The lowest BCUT2D eigenvalue weighted by Gasteiger charge is -2.27. The van der Waals surface area contributed by atoms with Gasteiger partial charge in [-0.3, -0.25) is 4.90 Å². The maximum absolute atomic E-state index is 6.16. The average Bonchev–Trinajstić information content (AvgIpc) is 2.90. The Bertz CT molecular complexity index is 380. The molecule has 1 N–H and O–H groups in total. The summed E-state index contributed by atoms with van der Waals surface area (Å²) in [5, 5.41) is 4.44. The minimum atomic E-state index is 0.747. The van der Waals surface area contributed by atoms with Crippen molar-refractivity contribution in [3.8, 4) is 0 Å². The fourth-order valence-electron chi connectivity index (χ4n) is 2.89. The van der Waals surface area contributed by atoms with Crippen LogP contribution < -0.4 is 5.32 Å². The van der Waals surface area contributed by atoms with Crippen molar-refractivity contribution in [1.29, 1.82) is 0 Å². The molecule has 2 atom stereocenters. The number of halogens is 1. The molecule has 3 heteroatoms. The summed E-state index contributed by atoms with van der Waals surface area (Å²) in [4.78, 5) is 2.60. The number of hydrogen-bond acceptors (Lipinski definition) is 2. The van der Waals surface area contributed by atoms with Gasteiger partial charge in [0.05, 0.1) is 0 Å². The Morgan fingerprint density at radius 3 is 2.94 bits per heavy atom. The topological polar surface area (TPSA) is 15.3 Å². The summed E-state index contributed by atoms with van der Waals surface area (Å²) >= 11 is 6.16. The maximum Gasteiger partial charge on any atom is 0.0438 e. The molecule has 1 aromatic rings. The normalized spacial score (nSPS) is 28.8. The van der Waals surface area contributed by atoms with Crippen LogP contribution in [0.25, 0.3) is 0 Å². The van der Waals surface area contributed by atoms with Crippen molar-refractivity contribution < 1.29 is 0 Å². The van der Waals surface area contributed by atoms with Gasteiger partial charge >= 0.3 is 0 Å².